The van der Waals surface area contributed by atoms with E-state index in [4.69, 9.17) is 11.6 Å². The first-order valence-electron chi connectivity index (χ1n) is 6.21. The van der Waals surface area contributed by atoms with Gasteiger partial charge in [0.1, 0.15) is 0 Å². The number of aryl methyl sites for hydroxylation is 1. The molecule has 2 aromatic carbocycles. The van der Waals surface area contributed by atoms with E-state index in [1.807, 2.05) is 31.2 Å². The summed E-state index contributed by atoms with van der Waals surface area (Å²) >= 11 is 13.0. The molecule has 2 rings (SSSR count). The van der Waals surface area contributed by atoms with E-state index >= 15 is 0 Å². The Morgan fingerprint density at radius 2 is 1.81 bits per heavy atom. The number of amides is 1. The number of rotatable bonds is 4. The average molecular weight is 433 g/mol. The van der Waals surface area contributed by atoms with Crippen molar-refractivity contribution < 1.29 is 4.79 Å². The minimum atomic E-state index is -0.164. The summed E-state index contributed by atoms with van der Waals surface area (Å²) in [7, 11) is 0. The number of anilines is 2. The topological polar surface area (TPSA) is 41.1 Å². The van der Waals surface area contributed by atoms with E-state index in [1.54, 1.807) is 12.1 Å². The lowest BCUT2D eigenvalue weighted by Crippen LogP contribution is -2.22. The quantitative estimate of drug-likeness (QED) is 0.695. The molecule has 0 fully saturated rings. The van der Waals surface area contributed by atoms with Gasteiger partial charge in [-0.05, 0) is 68.6 Å². The minimum absolute atomic E-state index is 0.144. The molecule has 21 heavy (non-hydrogen) atoms. The first-order chi connectivity index (χ1) is 9.97. The third-order valence-electron chi connectivity index (χ3n) is 2.76. The summed E-state index contributed by atoms with van der Waals surface area (Å²) in [6.07, 6.45) is 0. The lowest BCUT2D eigenvalue weighted by atomic mass is 10.2. The molecule has 0 saturated carbocycles. The highest BCUT2D eigenvalue weighted by molar-refractivity contribution is 9.11. The summed E-state index contributed by atoms with van der Waals surface area (Å²) in [6, 6.07) is 11.1. The zero-order valence-electron chi connectivity index (χ0n) is 11.2. The summed E-state index contributed by atoms with van der Waals surface area (Å²) in [5.41, 5.74) is 2.57. The Morgan fingerprint density at radius 1 is 1.19 bits per heavy atom. The maximum atomic E-state index is 12.0. The second-order valence-corrected chi connectivity index (χ2v) is 6.60. The van der Waals surface area contributed by atoms with E-state index in [0.717, 1.165) is 20.2 Å². The smallest absolute Gasteiger partial charge is 0.243 e. The summed E-state index contributed by atoms with van der Waals surface area (Å²) < 4.78 is 1.81. The van der Waals surface area contributed by atoms with Crippen molar-refractivity contribution in [2.75, 3.05) is 17.2 Å². The number of para-hydroxylation sites is 1. The van der Waals surface area contributed by atoms with Crippen molar-refractivity contribution in [3.05, 3.63) is 55.9 Å². The van der Waals surface area contributed by atoms with Crippen molar-refractivity contribution in [3.8, 4) is 0 Å². The van der Waals surface area contributed by atoms with Gasteiger partial charge in [-0.15, -0.1) is 0 Å². The molecule has 0 atom stereocenters. The number of carbonyl (C=O) groups is 1. The van der Waals surface area contributed by atoms with E-state index in [0.29, 0.717) is 10.7 Å². The van der Waals surface area contributed by atoms with Crippen molar-refractivity contribution in [3.63, 3.8) is 0 Å². The van der Waals surface area contributed by atoms with Gasteiger partial charge in [-0.25, -0.2) is 0 Å². The first kappa shape index (κ1) is 16.3. The molecule has 0 unspecified atom stereocenters. The van der Waals surface area contributed by atoms with Crippen LogP contribution < -0.4 is 10.6 Å². The molecule has 0 spiro atoms. The number of hydrogen-bond donors (Lipinski definition) is 2. The highest BCUT2D eigenvalue weighted by Crippen LogP contribution is 2.32. The molecule has 0 aromatic heterocycles. The molecule has 2 N–H and O–H groups in total. The Hall–Kier alpha value is -1.04. The van der Waals surface area contributed by atoms with E-state index in [2.05, 4.69) is 42.5 Å². The van der Waals surface area contributed by atoms with Crippen molar-refractivity contribution >= 4 is 60.7 Å². The molecule has 0 radical (unpaired) electrons. The Labute approximate surface area is 145 Å². The van der Waals surface area contributed by atoms with Gasteiger partial charge in [0.05, 0.1) is 22.9 Å². The van der Waals surface area contributed by atoms with Gasteiger partial charge in [0.25, 0.3) is 0 Å². The fourth-order valence-electron chi connectivity index (χ4n) is 1.79. The van der Waals surface area contributed by atoms with Crippen LogP contribution in [-0.2, 0) is 4.79 Å². The van der Waals surface area contributed by atoms with Crippen molar-refractivity contribution in [1.29, 1.82) is 0 Å². The van der Waals surface area contributed by atoms with Gasteiger partial charge >= 0.3 is 0 Å². The predicted molar refractivity (Wildman–Crippen MR) is 95.2 cm³/mol. The molecule has 2 aromatic rings. The summed E-state index contributed by atoms with van der Waals surface area (Å²) in [5.74, 6) is -0.164. The van der Waals surface area contributed by atoms with E-state index < -0.39 is 0 Å². The molecule has 0 aliphatic carbocycles. The van der Waals surface area contributed by atoms with Crippen LogP contribution in [0.4, 0.5) is 11.4 Å². The number of halogens is 3. The zero-order chi connectivity index (χ0) is 15.4. The maximum Gasteiger partial charge on any atom is 0.243 e. The van der Waals surface area contributed by atoms with Crippen LogP contribution in [0.25, 0.3) is 0 Å². The third kappa shape index (κ3) is 4.46. The van der Waals surface area contributed by atoms with Crippen molar-refractivity contribution in [1.82, 2.24) is 0 Å². The molecule has 110 valence electrons. The summed E-state index contributed by atoms with van der Waals surface area (Å²) in [6.45, 7) is 2.15. The molecule has 0 aliphatic rings. The Balaban J connectivity index is 2.01. The summed E-state index contributed by atoms with van der Waals surface area (Å²) in [4.78, 5) is 12.0. The molecule has 3 nitrogen and oxygen atoms in total. The van der Waals surface area contributed by atoms with Crippen LogP contribution in [0.1, 0.15) is 5.56 Å². The molecular formula is C15H13Br2ClN2O. The Morgan fingerprint density at radius 3 is 2.43 bits per heavy atom. The Bertz CT molecular complexity index is 653. The molecule has 0 bridgehead atoms. The average Bonchev–Trinajstić information content (AvgIpc) is 2.40. The van der Waals surface area contributed by atoms with Crippen molar-refractivity contribution in [2.24, 2.45) is 0 Å². The van der Waals surface area contributed by atoms with Gasteiger partial charge in [-0.2, -0.15) is 0 Å². The number of hydrogen-bond acceptors (Lipinski definition) is 2. The second kappa shape index (κ2) is 7.29. The van der Waals surface area contributed by atoms with E-state index in [-0.39, 0.29) is 12.5 Å². The monoisotopic (exact) mass is 430 g/mol. The van der Waals surface area contributed by atoms with Crippen LogP contribution in [0.15, 0.2) is 45.3 Å². The van der Waals surface area contributed by atoms with Crippen LogP contribution in [0.3, 0.4) is 0 Å². The van der Waals surface area contributed by atoms with Gasteiger partial charge < -0.3 is 10.6 Å². The van der Waals surface area contributed by atoms with Crippen LogP contribution in [0, 0.1) is 6.92 Å². The van der Waals surface area contributed by atoms with Gasteiger partial charge in [0.15, 0.2) is 0 Å². The fraction of sp³-hybridized carbons (Fsp3) is 0.133. The summed E-state index contributed by atoms with van der Waals surface area (Å²) in [5, 5.41) is 6.38. The normalized spacial score (nSPS) is 10.3. The highest BCUT2D eigenvalue weighted by atomic mass is 79.9. The maximum absolute atomic E-state index is 12.0. The van der Waals surface area contributed by atoms with Crippen LogP contribution in [0.2, 0.25) is 5.02 Å². The second-order valence-electron chi connectivity index (χ2n) is 4.49. The third-order valence-corrected chi connectivity index (χ3v) is 4.34. The first-order valence-corrected chi connectivity index (χ1v) is 8.17. The van der Waals surface area contributed by atoms with Crippen molar-refractivity contribution in [2.45, 2.75) is 6.92 Å². The standard InChI is InChI=1S/C15H13Br2ClN2O/c1-9-6-10(16)15(11(17)7-9)19-8-14(21)20-13-5-3-2-4-12(13)18/h2-7,19H,8H2,1H3,(H,20,21). The van der Waals surface area contributed by atoms with Crippen LogP contribution in [-0.4, -0.2) is 12.5 Å². The van der Waals surface area contributed by atoms with Gasteiger partial charge in [-0.1, -0.05) is 23.7 Å². The molecule has 0 saturated heterocycles. The van der Waals surface area contributed by atoms with Gasteiger partial charge in [0.2, 0.25) is 5.91 Å². The predicted octanol–water partition coefficient (Wildman–Crippen LogP) is 5.22. The van der Waals surface area contributed by atoms with Crippen LogP contribution >= 0.6 is 43.5 Å². The molecule has 1 amide bonds. The molecule has 0 aliphatic heterocycles. The van der Waals surface area contributed by atoms with E-state index in [1.165, 1.54) is 0 Å². The molecule has 6 heteroatoms. The highest BCUT2D eigenvalue weighted by Gasteiger charge is 2.09. The van der Waals surface area contributed by atoms with Gasteiger partial charge in [-0.3, -0.25) is 4.79 Å². The largest absolute Gasteiger partial charge is 0.374 e. The number of nitrogens with one attached hydrogen (secondary N) is 2. The lowest BCUT2D eigenvalue weighted by Gasteiger charge is -2.12. The lowest BCUT2D eigenvalue weighted by molar-refractivity contribution is -0.114. The number of benzene rings is 2. The van der Waals surface area contributed by atoms with Crippen LogP contribution in [0.5, 0.6) is 0 Å². The molecular weight excluding hydrogens is 419 g/mol. The zero-order valence-corrected chi connectivity index (χ0v) is 15.1. The Kier molecular flexibility index (Phi) is 5.67. The van der Waals surface area contributed by atoms with E-state index in [9.17, 15) is 4.79 Å². The fourth-order valence-corrected chi connectivity index (χ4v) is 3.67. The molecule has 0 heterocycles. The SMILES string of the molecule is Cc1cc(Br)c(NCC(=O)Nc2ccccc2Cl)c(Br)c1. The minimum Gasteiger partial charge on any atom is -0.374 e. The van der Waals surface area contributed by atoms with Gasteiger partial charge in [0, 0.05) is 8.95 Å². The number of carbonyl (C=O) groups excluding carboxylic acids is 1.